The fraction of sp³-hybridized carbons (Fsp3) is 0.333. The number of carbonyl (C=O) groups is 2. The van der Waals surface area contributed by atoms with E-state index in [0.29, 0.717) is 5.56 Å². The lowest BCUT2D eigenvalue weighted by Crippen LogP contribution is -2.44. The molecule has 0 saturated carbocycles. The summed E-state index contributed by atoms with van der Waals surface area (Å²) in [4.78, 5) is 23.4. The Balaban J connectivity index is 1.67. The highest BCUT2D eigenvalue weighted by atomic mass is 32.2. The maximum atomic E-state index is 15.0. The molecule has 154 valence electrons. The van der Waals surface area contributed by atoms with Gasteiger partial charge in [-0.15, -0.1) is 11.8 Å². The summed E-state index contributed by atoms with van der Waals surface area (Å²) in [6.07, 6.45) is -1.66. The summed E-state index contributed by atoms with van der Waals surface area (Å²) >= 11 is 0.731. The van der Waals surface area contributed by atoms with Gasteiger partial charge in [0.05, 0.1) is 12.2 Å². The Hall–Kier alpha value is -2.45. The number of thioether (sulfide) groups is 1. The van der Waals surface area contributed by atoms with Gasteiger partial charge in [-0.2, -0.15) is 0 Å². The molecule has 0 radical (unpaired) electrons. The van der Waals surface area contributed by atoms with Crippen molar-refractivity contribution in [2.75, 3.05) is 6.61 Å². The van der Waals surface area contributed by atoms with Crippen molar-refractivity contribution in [3.63, 3.8) is 0 Å². The van der Waals surface area contributed by atoms with E-state index in [4.69, 9.17) is 14.2 Å². The number of hydrogen-bond donors (Lipinski definition) is 0. The van der Waals surface area contributed by atoms with E-state index in [9.17, 15) is 9.59 Å². The van der Waals surface area contributed by atoms with Crippen LogP contribution in [0.4, 0.5) is 8.78 Å². The monoisotopic (exact) mass is 422 g/mol. The Morgan fingerprint density at radius 2 is 1.66 bits per heavy atom. The number of ether oxygens (including phenoxy) is 3. The van der Waals surface area contributed by atoms with Gasteiger partial charge < -0.3 is 14.2 Å². The predicted octanol–water partition coefficient (Wildman–Crippen LogP) is 4.07. The molecule has 1 saturated heterocycles. The molecule has 1 aliphatic heterocycles. The van der Waals surface area contributed by atoms with Crippen LogP contribution in [0.5, 0.6) is 0 Å². The molecule has 0 amide bonds. The molecule has 2 aromatic carbocycles. The van der Waals surface area contributed by atoms with Crippen molar-refractivity contribution in [2.24, 2.45) is 0 Å². The quantitative estimate of drug-likeness (QED) is 0.627. The second-order valence-corrected chi connectivity index (χ2v) is 7.76. The summed E-state index contributed by atoms with van der Waals surface area (Å²) in [7, 11) is 0. The number of benzene rings is 2. The van der Waals surface area contributed by atoms with Gasteiger partial charge in [0.1, 0.15) is 11.9 Å². The van der Waals surface area contributed by atoms with Crippen LogP contribution in [0.25, 0.3) is 0 Å². The van der Waals surface area contributed by atoms with E-state index in [1.165, 1.54) is 12.1 Å². The lowest BCUT2D eigenvalue weighted by molar-refractivity contribution is -0.175. The van der Waals surface area contributed by atoms with Crippen molar-refractivity contribution in [1.29, 1.82) is 0 Å². The molecule has 5 nitrogen and oxygen atoms in total. The number of esters is 2. The van der Waals surface area contributed by atoms with Crippen LogP contribution in [0.1, 0.15) is 22.8 Å². The molecule has 0 aliphatic carbocycles. The van der Waals surface area contributed by atoms with Crippen LogP contribution in [0, 0.1) is 0 Å². The third-order valence-electron chi connectivity index (χ3n) is 4.28. The van der Waals surface area contributed by atoms with Gasteiger partial charge >= 0.3 is 11.9 Å². The standard InChI is InChI=1S/C21H20F2O5S/c1-14(24)28-20-18(26-12-15-8-4-2-5-9-15)21(22,23)17(29-20)13-27-19(25)16-10-6-3-7-11-16/h2-11,17-18,20H,12-13H2,1H3/t17-,18+,20-/m0/s1. The largest absolute Gasteiger partial charge is 0.461 e. The third-order valence-corrected chi connectivity index (χ3v) is 5.67. The lowest BCUT2D eigenvalue weighted by atomic mass is 10.1. The number of halogens is 2. The minimum absolute atomic E-state index is 0.0596. The first kappa shape index (κ1) is 21.3. The molecule has 0 N–H and O–H groups in total. The molecule has 0 spiro atoms. The second kappa shape index (κ2) is 9.37. The van der Waals surface area contributed by atoms with E-state index >= 15 is 8.78 Å². The maximum absolute atomic E-state index is 15.0. The number of alkyl halides is 2. The summed E-state index contributed by atoms with van der Waals surface area (Å²) in [6, 6.07) is 17.0. The highest BCUT2D eigenvalue weighted by Crippen LogP contribution is 2.48. The molecule has 1 heterocycles. The van der Waals surface area contributed by atoms with E-state index < -0.39 is 41.3 Å². The van der Waals surface area contributed by atoms with Gasteiger partial charge in [-0.3, -0.25) is 4.79 Å². The molecule has 3 rings (SSSR count). The van der Waals surface area contributed by atoms with Crippen LogP contribution in [0.3, 0.4) is 0 Å². The van der Waals surface area contributed by atoms with Gasteiger partial charge in [0.2, 0.25) is 0 Å². The molecule has 0 bridgehead atoms. The first-order valence-corrected chi connectivity index (χ1v) is 9.90. The molecule has 1 fully saturated rings. The highest BCUT2D eigenvalue weighted by molar-refractivity contribution is 8.00. The zero-order valence-electron chi connectivity index (χ0n) is 15.6. The molecule has 29 heavy (non-hydrogen) atoms. The Morgan fingerprint density at radius 1 is 1.03 bits per heavy atom. The summed E-state index contributed by atoms with van der Waals surface area (Å²) in [5.41, 5.74) is -0.215. The number of hydrogen-bond acceptors (Lipinski definition) is 6. The molecular weight excluding hydrogens is 402 g/mol. The molecule has 0 unspecified atom stereocenters. The molecule has 8 heteroatoms. The maximum Gasteiger partial charge on any atom is 0.338 e. The van der Waals surface area contributed by atoms with Crippen molar-refractivity contribution in [3.8, 4) is 0 Å². The van der Waals surface area contributed by atoms with Crippen LogP contribution in [0.15, 0.2) is 60.7 Å². The summed E-state index contributed by atoms with van der Waals surface area (Å²) in [5, 5.41) is -1.40. The molecule has 0 aromatic heterocycles. The van der Waals surface area contributed by atoms with Crippen LogP contribution in [0.2, 0.25) is 0 Å². The van der Waals surface area contributed by atoms with E-state index in [2.05, 4.69) is 0 Å². The first-order chi connectivity index (χ1) is 13.9. The average molecular weight is 422 g/mol. The van der Waals surface area contributed by atoms with Gasteiger partial charge in [0.15, 0.2) is 11.5 Å². The Morgan fingerprint density at radius 3 is 2.28 bits per heavy atom. The van der Waals surface area contributed by atoms with E-state index in [1.54, 1.807) is 42.5 Å². The first-order valence-electron chi connectivity index (χ1n) is 8.96. The van der Waals surface area contributed by atoms with Crippen LogP contribution in [-0.4, -0.2) is 41.3 Å². The van der Waals surface area contributed by atoms with Gasteiger partial charge in [0, 0.05) is 6.92 Å². The zero-order chi connectivity index (χ0) is 20.9. The molecular formula is C21H20F2O5S. The van der Waals surface area contributed by atoms with Gasteiger partial charge in [-0.05, 0) is 17.7 Å². The third kappa shape index (κ3) is 5.33. The van der Waals surface area contributed by atoms with Gasteiger partial charge in [-0.25, -0.2) is 13.6 Å². The fourth-order valence-corrected chi connectivity index (χ4v) is 4.23. The molecule has 2 aromatic rings. The van der Waals surface area contributed by atoms with Crippen LogP contribution in [-0.2, 0) is 25.6 Å². The van der Waals surface area contributed by atoms with Crippen molar-refractivity contribution in [2.45, 2.75) is 36.2 Å². The minimum atomic E-state index is -3.36. The van der Waals surface area contributed by atoms with Crippen molar-refractivity contribution in [3.05, 3.63) is 71.8 Å². The van der Waals surface area contributed by atoms with E-state index in [1.807, 2.05) is 6.07 Å². The Bertz CT molecular complexity index is 831. The minimum Gasteiger partial charge on any atom is -0.461 e. The van der Waals surface area contributed by atoms with Crippen LogP contribution >= 0.6 is 11.8 Å². The summed E-state index contributed by atoms with van der Waals surface area (Å²) in [5.74, 6) is -4.75. The predicted molar refractivity (Wildman–Crippen MR) is 104 cm³/mol. The number of rotatable bonds is 7. The molecule has 3 atom stereocenters. The van der Waals surface area contributed by atoms with Gasteiger partial charge in [-0.1, -0.05) is 48.5 Å². The summed E-state index contributed by atoms with van der Waals surface area (Å²) < 4.78 is 45.6. The smallest absolute Gasteiger partial charge is 0.338 e. The SMILES string of the molecule is CC(=O)O[C@H]1S[C@@H](COC(=O)c2ccccc2)C(F)(F)[C@@H]1OCc1ccccc1. The topological polar surface area (TPSA) is 61.8 Å². The van der Waals surface area contributed by atoms with Gasteiger partial charge in [0.25, 0.3) is 5.92 Å². The zero-order valence-corrected chi connectivity index (χ0v) is 16.4. The Kier molecular flexibility index (Phi) is 6.87. The highest BCUT2D eigenvalue weighted by Gasteiger charge is 2.61. The fourth-order valence-electron chi connectivity index (χ4n) is 2.85. The summed E-state index contributed by atoms with van der Waals surface area (Å²) in [6.45, 7) is 0.556. The van der Waals surface area contributed by atoms with Crippen molar-refractivity contribution >= 4 is 23.7 Å². The van der Waals surface area contributed by atoms with Crippen LogP contribution < -0.4 is 0 Å². The van der Waals surface area contributed by atoms with Crippen molar-refractivity contribution in [1.82, 2.24) is 0 Å². The van der Waals surface area contributed by atoms with E-state index in [0.717, 1.165) is 18.7 Å². The molecule has 1 aliphatic rings. The van der Waals surface area contributed by atoms with Crippen molar-refractivity contribution < 1.29 is 32.6 Å². The normalized spacial score (nSPS) is 22.8. The van der Waals surface area contributed by atoms with E-state index in [-0.39, 0.29) is 12.2 Å². The lowest BCUT2D eigenvalue weighted by Gasteiger charge is -2.25. The second-order valence-electron chi connectivity index (χ2n) is 6.46. The number of carbonyl (C=O) groups excluding carboxylic acids is 2. The average Bonchev–Trinajstić information content (AvgIpc) is 2.94. The Labute approximate surface area is 171 Å².